The summed E-state index contributed by atoms with van der Waals surface area (Å²) in [5, 5.41) is 3.75. The number of hydrogen-bond donors (Lipinski definition) is 1. The molecule has 3 nitrogen and oxygen atoms in total. The van der Waals surface area contributed by atoms with Gasteiger partial charge in [0.15, 0.2) is 0 Å². The van der Waals surface area contributed by atoms with Crippen molar-refractivity contribution in [1.29, 1.82) is 0 Å². The Morgan fingerprint density at radius 2 is 2.10 bits per heavy atom. The molecule has 116 valence electrons. The van der Waals surface area contributed by atoms with Crippen LogP contribution in [0.3, 0.4) is 0 Å². The SMILES string of the molecule is COc1ccc2c(c1)C(NCCCN1CCCCC1)CC2. The van der Waals surface area contributed by atoms with Gasteiger partial charge in [0, 0.05) is 6.04 Å². The van der Waals surface area contributed by atoms with Crippen molar-refractivity contribution >= 4 is 0 Å². The van der Waals surface area contributed by atoms with Gasteiger partial charge >= 0.3 is 0 Å². The summed E-state index contributed by atoms with van der Waals surface area (Å²) < 4.78 is 5.36. The highest BCUT2D eigenvalue weighted by molar-refractivity contribution is 5.40. The Morgan fingerprint density at radius 3 is 2.90 bits per heavy atom. The summed E-state index contributed by atoms with van der Waals surface area (Å²) in [5.41, 5.74) is 2.94. The second-order valence-electron chi connectivity index (χ2n) is 6.37. The molecule has 1 unspecified atom stereocenters. The third kappa shape index (κ3) is 3.78. The Labute approximate surface area is 128 Å². The van der Waals surface area contributed by atoms with Gasteiger partial charge in [-0.05, 0) is 81.5 Å². The average Bonchev–Trinajstić information content (AvgIpc) is 2.95. The molecule has 1 fully saturated rings. The lowest BCUT2D eigenvalue weighted by Crippen LogP contribution is -2.32. The summed E-state index contributed by atoms with van der Waals surface area (Å²) in [6.45, 7) is 5.00. The van der Waals surface area contributed by atoms with Crippen molar-refractivity contribution in [3.05, 3.63) is 29.3 Å². The zero-order valence-corrected chi connectivity index (χ0v) is 13.2. The predicted octanol–water partition coefficient (Wildman–Crippen LogP) is 3.15. The van der Waals surface area contributed by atoms with Gasteiger partial charge in [-0.3, -0.25) is 0 Å². The van der Waals surface area contributed by atoms with Crippen molar-refractivity contribution in [2.75, 3.05) is 33.3 Å². The maximum atomic E-state index is 5.36. The first-order valence-corrected chi connectivity index (χ1v) is 8.49. The van der Waals surface area contributed by atoms with Gasteiger partial charge in [-0.2, -0.15) is 0 Å². The van der Waals surface area contributed by atoms with Gasteiger partial charge in [-0.15, -0.1) is 0 Å². The van der Waals surface area contributed by atoms with Crippen LogP contribution in [0.1, 0.15) is 49.3 Å². The minimum absolute atomic E-state index is 0.524. The fourth-order valence-corrected chi connectivity index (χ4v) is 3.68. The minimum atomic E-state index is 0.524. The minimum Gasteiger partial charge on any atom is -0.497 e. The number of rotatable bonds is 6. The van der Waals surface area contributed by atoms with Crippen LogP contribution in [0.15, 0.2) is 18.2 Å². The van der Waals surface area contributed by atoms with E-state index in [-0.39, 0.29) is 0 Å². The summed E-state index contributed by atoms with van der Waals surface area (Å²) in [7, 11) is 1.75. The number of benzene rings is 1. The molecule has 21 heavy (non-hydrogen) atoms. The lowest BCUT2D eigenvalue weighted by Gasteiger charge is -2.26. The van der Waals surface area contributed by atoms with Crippen LogP contribution in [-0.4, -0.2) is 38.2 Å². The number of nitrogens with one attached hydrogen (secondary N) is 1. The van der Waals surface area contributed by atoms with Gasteiger partial charge in [-0.25, -0.2) is 0 Å². The Bertz CT molecular complexity index is 455. The van der Waals surface area contributed by atoms with E-state index in [0.29, 0.717) is 6.04 Å². The van der Waals surface area contributed by atoms with Crippen LogP contribution < -0.4 is 10.1 Å². The summed E-state index contributed by atoms with van der Waals surface area (Å²) in [6, 6.07) is 7.04. The molecule has 1 aromatic carbocycles. The monoisotopic (exact) mass is 288 g/mol. The quantitative estimate of drug-likeness (QED) is 0.814. The molecule has 1 atom stereocenters. The van der Waals surface area contributed by atoms with E-state index in [9.17, 15) is 0 Å². The van der Waals surface area contributed by atoms with Crippen LogP contribution in [0, 0.1) is 0 Å². The zero-order valence-electron chi connectivity index (χ0n) is 13.2. The Balaban J connectivity index is 1.44. The molecule has 1 aliphatic carbocycles. The van der Waals surface area contributed by atoms with Gasteiger partial charge in [0.2, 0.25) is 0 Å². The molecule has 1 aromatic rings. The second-order valence-corrected chi connectivity index (χ2v) is 6.37. The zero-order chi connectivity index (χ0) is 14.5. The number of methoxy groups -OCH3 is 1. The van der Waals surface area contributed by atoms with E-state index in [4.69, 9.17) is 4.74 Å². The van der Waals surface area contributed by atoms with Gasteiger partial charge in [0.05, 0.1) is 7.11 Å². The number of likely N-dealkylation sites (tertiary alicyclic amines) is 1. The third-order valence-electron chi connectivity index (χ3n) is 4.92. The fraction of sp³-hybridized carbons (Fsp3) is 0.667. The lowest BCUT2D eigenvalue weighted by atomic mass is 10.1. The van der Waals surface area contributed by atoms with E-state index in [2.05, 4.69) is 28.4 Å². The maximum absolute atomic E-state index is 5.36. The molecule has 0 spiro atoms. The molecule has 2 aliphatic rings. The number of aryl methyl sites for hydroxylation is 1. The third-order valence-corrected chi connectivity index (χ3v) is 4.92. The van der Waals surface area contributed by atoms with Crippen molar-refractivity contribution in [3.8, 4) is 5.75 Å². The van der Waals surface area contributed by atoms with E-state index in [0.717, 1.165) is 12.3 Å². The van der Waals surface area contributed by atoms with E-state index in [1.165, 1.54) is 69.3 Å². The molecule has 0 bridgehead atoms. The number of nitrogens with zero attached hydrogens (tertiary/aromatic N) is 1. The van der Waals surface area contributed by atoms with E-state index < -0.39 is 0 Å². The molecular formula is C18H28N2O. The predicted molar refractivity (Wildman–Crippen MR) is 87.0 cm³/mol. The van der Waals surface area contributed by atoms with Gasteiger partial charge in [0.1, 0.15) is 5.75 Å². The highest BCUT2D eigenvalue weighted by Crippen LogP contribution is 2.33. The smallest absolute Gasteiger partial charge is 0.119 e. The van der Waals surface area contributed by atoms with Gasteiger partial charge < -0.3 is 15.0 Å². The number of hydrogen-bond acceptors (Lipinski definition) is 3. The van der Waals surface area contributed by atoms with Crippen molar-refractivity contribution in [2.45, 2.75) is 44.6 Å². The Kier molecular flexibility index (Phi) is 5.15. The Hall–Kier alpha value is -1.06. The van der Waals surface area contributed by atoms with Crippen LogP contribution in [0.4, 0.5) is 0 Å². The second kappa shape index (κ2) is 7.28. The maximum Gasteiger partial charge on any atom is 0.119 e. The normalized spacial score (nSPS) is 22.2. The van der Waals surface area contributed by atoms with Crippen LogP contribution >= 0.6 is 0 Å². The Morgan fingerprint density at radius 1 is 1.24 bits per heavy atom. The number of piperidine rings is 1. The molecular weight excluding hydrogens is 260 g/mol. The largest absolute Gasteiger partial charge is 0.497 e. The first-order chi connectivity index (χ1) is 10.4. The first kappa shape index (κ1) is 14.9. The lowest BCUT2D eigenvalue weighted by molar-refractivity contribution is 0.225. The molecule has 1 heterocycles. The molecule has 1 saturated heterocycles. The van der Waals surface area contributed by atoms with Gasteiger partial charge in [0.25, 0.3) is 0 Å². The van der Waals surface area contributed by atoms with E-state index in [1.807, 2.05) is 0 Å². The molecule has 3 heteroatoms. The topological polar surface area (TPSA) is 24.5 Å². The average molecular weight is 288 g/mol. The molecule has 0 amide bonds. The molecule has 0 saturated carbocycles. The first-order valence-electron chi connectivity index (χ1n) is 8.49. The van der Waals surface area contributed by atoms with Crippen molar-refractivity contribution in [2.24, 2.45) is 0 Å². The standard InChI is InChI=1S/C18H28N2O/c1-21-16-8-6-15-7-9-18(17(15)14-16)19-10-5-13-20-11-3-2-4-12-20/h6,8,14,18-19H,2-5,7,9-13H2,1H3. The fourth-order valence-electron chi connectivity index (χ4n) is 3.68. The van der Waals surface area contributed by atoms with Crippen molar-refractivity contribution < 1.29 is 4.74 Å². The molecule has 0 radical (unpaired) electrons. The highest BCUT2D eigenvalue weighted by Gasteiger charge is 2.22. The highest BCUT2D eigenvalue weighted by atomic mass is 16.5. The summed E-state index contributed by atoms with van der Waals surface area (Å²) in [5.74, 6) is 0.982. The van der Waals surface area contributed by atoms with Crippen LogP contribution in [0.25, 0.3) is 0 Å². The number of fused-ring (bicyclic) bond motifs is 1. The number of ether oxygens (including phenoxy) is 1. The van der Waals surface area contributed by atoms with Crippen molar-refractivity contribution in [3.63, 3.8) is 0 Å². The summed E-state index contributed by atoms with van der Waals surface area (Å²) in [6.07, 6.45) is 7.90. The molecule has 1 N–H and O–H groups in total. The van der Waals surface area contributed by atoms with Gasteiger partial charge in [-0.1, -0.05) is 12.5 Å². The molecule has 1 aliphatic heterocycles. The van der Waals surface area contributed by atoms with Crippen LogP contribution in [-0.2, 0) is 6.42 Å². The summed E-state index contributed by atoms with van der Waals surface area (Å²) >= 11 is 0. The van der Waals surface area contributed by atoms with E-state index in [1.54, 1.807) is 7.11 Å². The van der Waals surface area contributed by atoms with Crippen LogP contribution in [0.5, 0.6) is 5.75 Å². The molecule has 0 aromatic heterocycles. The molecule has 3 rings (SSSR count). The van der Waals surface area contributed by atoms with Crippen molar-refractivity contribution in [1.82, 2.24) is 10.2 Å². The van der Waals surface area contributed by atoms with E-state index >= 15 is 0 Å². The van der Waals surface area contributed by atoms with Crippen LogP contribution in [0.2, 0.25) is 0 Å². The summed E-state index contributed by atoms with van der Waals surface area (Å²) in [4.78, 5) is 2.62.